The van der Waals surface area contributed by atoms with Crippen molar-refractivity contribution in [3.8, 4) is 11.1 Å². The zero-order valence-corrected chi connectivity index (χ0v) is 10.7. The maximum atomic E-state index is 5.78. The van der Waals surface area contributed by atoms with Gasteiger partial charge in [0.15, 0.2) is 5.65 Å². The zero-order valence-electron chi connectivity index (χ0n) is 10.7. The largest absolute Gasteiger partial charge is 0.368 e. The van der Waals surface area contributed by atoms with Crippen LogP contribution in [-0.2, 0) is 0 Å². The molecule has 0 amide bonds. The summed E-state index contributed by atoms with van der Waals surface area (Å²) in [6.07, 6.45) is 7.04. The molecule has 0 fully saturated rings. The van der Waals surface area contributed by atoms with E-state index in [0.717, 1.165) is 22.5 Å². The van der Waals surface area contributed by atoms with Gasteiger partial charge in [-0.25, -0.2) is 15.0 Å². The Labute approximate surface area is 113 Å². The van der Waals surface area contributed by atoms with E-state index in [1.54, 1.807) is 6.20 Å². The van der Waals surface area contributed by atoms with Gasteiger partial charge in [0.05, 0.1) is 0 Å². The second-order valence-corrected chi connectivity index (χ2v) is 4.57. The maximum Gasteiger partial charge on any atom is 0.223 e. The number of nitrogen functional groups attached to an aromatic ring is 1. The molecule has 98 valence electrons. The second kappa shape index (κ2) is 3.77. The van der Waals surface area contributed by atoms with Crippen molar-refractivity contribution in [1.82, 2.24) is 29.0 Å². The van der Waals surface area contributed by atoms with Crippen LogP contribution in [0.25, 0.3) is 22.4 Å². The van der Waals surface area contributed by atoms with Crippen LogP contribution in [0.1, 0.15) is 5.69 Å². The predicted molar refractivity (Wildman–Crippen MR) is 74.1 cm³/mol. The monoisotopic (exact) mass is 265 g/mol. The molecule has 4 heterocycles. The number of hydrogen-bond donors (Lipinski definition) is 1. The van der Waals surface area contributed by atoms with E-state index in [-0.39, 0.29) is 0 Å². The average Bonchev–Trinajstić information content (AvgIpc) is 3.07. The zero-order chi connectivity index (χ0) is 13.7. The lowest BCUT2D eigenvalue weighted by Gasteiger charge is -2.06. The third-order valence-electron chi connectivity index (χ3n) is 3.33. The molecule has 0 aliphatic carbocycles. The van der Waals surface area contributed by atoms with Crippen LogP contribution in [0.3, 0.4) is 0 Å². The van der Waals surface area contributed by atoms with Crippen molar-refractivity contribution < 1.29 is 0 Å². The van der Waals surface area contributed by atoms with Crippen molar-refractivity contribution in [2.75, 3.05) is 5.73 Å². The maximum absolute atomic E-state index is 5.78. The standard InChI is InChI=1S/C13H11N7/c1-8-4-15-11-3-2-9(6-19(8)11)10-5-16-13(14)20-12(10)17-7-18-20/h2-7H,1H3,(H2,14,16). The third kappa shape index (κ3) is 1.40. The van der Waals surface area contributed by atoms with Gasteiger partial charge in [0.1, 0.15) is 12.0 Å². The molecule has 0 aliphatic rings. The van der Waals surface area contributed by atoms with E-state index in [4.69, 9.17) is 5.73 Å². The van der Waals surface area contributed by atoms with Crippen LogP contribution in [0.15, 0.2) is 37.1 Å². The van der Waals surface area contributed by atoms with Crippen LogP contribution in [0, 0.1) is 6.92 Å². The summed E-state index contributed by atoms with van der Waals surface area (Å²) in [7, 11) is 0. The van der Waals surface area contributed by atoms with Crippen molar-refractivity contribution in [3.63, 3.8) is 0 Å². The Morgan fingerprint density at radius 1 is 1.10 bits per heavy atom. The normalized spacial score (nSPS) is 11.4. The van der Waals surface area contributed by atoms with Crippen LogP contribution < -0.4 is 5.73 Å². The van der Waals surface area contributed by atoms with Gasteiger partial charge >= 0.3 is 0 Å². The lowest BCUT2D eigenvalue weighted by Crippen LogP contribution is -2.02. The molecule has 4 rings (SSSR count). The fourth-order valence-electron chi connectivity index (χ4n) is 2.30. The minimum Gasteiger partial charge on any atom is -0.368 e. The van der Waals surface area contributed by atoms with Crippen molar-refractivity contribution in [2.24, 2.45) is 0 Å². The fraction of sp³-hybridized carbons (Fsp3) is 0.0769. The van der Waals surface area contributed by atoms with E-state index >= 15 is 0 Å². The van der Waals surface area contributed by atoms with Crippen LogP contribution in [0.2, 0.25) is 0 Å². The highest BCUT2D eigenvalue weighted by Crippen LogP contribution is 2.24. The number of pyridine rings is 1. The van der Waals surface area contributed by atoms with Gasteiger partial charge in [0.2, 0.25) is 5.95 Å². The molecular formula is C13H11N7. The highest BCUT2D eigenvalue weighted by molar-refractivity contribution is 5.77. The molecule has 0 saturated carbocycles. The molecular weight excluding hydrogens is 254 g/mol. The number of hydrogen-bond acceptors (Lipinski definition) is 5. The van der Waals surface area contributed by atoms with Crippen molar-refractivity contribution >= 4 is 17.2 Å². The second-order valence-electron chi connectivity index (χ2n) is 4.57. The van der Waals surface area contributed by atoms with E-state index in [0.29, 0.717) is 11.6 Å². The van der Waals surface area contributed by atoms with Crippen molar-refractivity contribution in [2.45, 2.75) is 6.92 Å². The Kier molecular flexibility index (Phi) is 2.06. The van der Waals surface area contributed by atoms with Crippen molar-refractivity contribution in [1.29, 1.82) is 0 Å². The third-order valence-corrected chi connectivity index (χ3v) is 3.33. The van der Waals surface area contributed by atoms with Crippen LogP contribution >= 0.6 is 0 Å². The van der Waals surface area contributed by atoms with Crippen molar-refractivity contribution in [3.05, 3.63) is 42.7 Å². The fourth-order valence-corrected chi connectivity index (χ4v) is 2.30. The van der Waals surface area contributed by atoms with Gasteiger partial charge in [-0.1, -0.05) is 0 Å². The van der Waals surface area contributed by atoms with Crippen LogP contribution in [0.5, 0.6) is 0 Å². The summed E-state index contributed by atoms with van der Waals surface area (Å²) in [4.78, 5) is 12.7. The first-order valence-corrected chi connectivity index (χ1v) is 6.12. The first-order chi connectivity index (χ1) is 9.74. The van der Waals surface area contributed by atoms with Gasteiger partial charge in [0, 0.05) is 35.4 Å². The Hall–Kier alpha value is -2.96. The number of nitrogens with zero attached hydrogens (tertiary/aromatic N) is 6. The first kappa shape index (κ1) is 10.9. The van der Waals surface area contributed by atoms with Crippen LogP contribution in [-0.4, -0.2) is 29.0 Å². The van der Waals surface area contributed by atoms with Gasteiger partial charge in [-0.3, -0.25) is 0 Å². The van der Waals surface area contributed by atoms with Gasteiger partial charge < -0.3 is 10.1 Å². The SMILES string of the molecule is Cc1cnc2ccc(-c3cnc(N)n4ncnc34)cn12. The molecule has 7 heteroatoms. The van der Waals surface area contributed by atoms with Crippen LogP contribution in [0.4, 0.5) is 5.95 Å². The summed E-state index contributed by atoms with van der Waals surface area (Å²) in [6, 6.07) is 3.95. The van der Waals surface area contributed by atoms with E-state index in [9.17, 15) is 0 Å². The highest BCUT2D eigenvalue weighted by Gasteiger charge is 2.10. The Bertz CT molecular complexity index is 934. The number of fused-ring (bicyclic) bond motifs is 2. The number of nitrogens with two attached hydrogens (primary N) is 1. The Balaban J connectivity index is 2.03. The minimum atomic E-state index is 0.320. The van der Waals surface area contributed by atoms with Gasteiger partial charge in [0.25, 0.3) is 0 Å². The number of rotatable bonds is 1. The molecule has 7 nitrogen and oxygen atoms in total. The van der Waals surface area contributed by atoms with E-state index in [2.05, 4.69) is 20.1 Å². The molecule has 0 unspecified atom stereocenters. The lowest BCUT2D eigenvalue weighted by atomic mass is 10.1. The molecule has 0 aromatic carbocycles. The molecule has 4 aromatic heterocycles. The first-order valence-electron chi connectivity index (χ1n) is 6.12. The Morgan fingerprint density at radius 2 is 2.00 bits per heavy atom. The molecule has 4 aromatic rings. The molecule has 0 spiro atoms. The smallest absolute Gasteiger partial charge is 0.223 e. The quantitative estimate of drug-likeness (QED) is 0.561. The topological polar surface area (TPSA) is 86.4 Å². The molecule has 20 heavy (non-hydrogen) atoms. The summed E-state index contributed by atoms with van der Waals surface area (Å²) in [5, 5.41) is 4.07. The van der Waals surface area contributed by atoms with Gasteiger partial charge in [-0.15, -0.1) is 0 Å². The predicted octanol–water partition coefficient (Wildman–Crippen LogP) is 1.33. The number of anilines is 1. The molecule has 2 N–H and O–H groups in total. The van der Waals surface area contributed by atoms with E-state index < -0.39 is 0 Å². The summed E-state index contributed by atoms with van der Waals surface area (Å²) in [6.45, 7) is 2.01. The van der Waals surface area contributed by atoms with E-state index in [1.165, 1.54) is 10.8 Å². The lowest BCUT2D eigenvalue weighted by molar-refractivity contribution is 0.940. The summed E-state index contributed by atoms with van der Waals surface area (Å²) >= 11 is 0. The highest BCUT2D eigenvalue weighted by atomic mass is 15.3. The van der Waals surface area contributed by atoms with Gasteiger partial charge in [-0.2, -0.15) is 9.61 Å². The summed E-state index contributed by atoms with van der Waals surface area (Å²) in [5.74, 6) is 0.320. The summed E-state index contributed by atoms with van der Waals surface area (Å²) in [5.41, 5.74) is 10.3. The summed E-state index contributed by atoms with van der Waals surface area (Å²) < 4.78 is 3.55. The Morgan fingerprint density at radius 3 is 2.90 bits per heavy atom. The molecule has 0 radical (unpaired) electrons. The minimum absolute atomic E-state index is 0.320. The van der Waals surface area contributed by atoms with Gasteiger partial charge in [-0.05, 0) is 19.1 Å². The number of aryl methyl sites for hydroxylation is 1. The number of aromatic nitrogens is 6. The average molecular weight is 265 g/mol. The molecule has 0 atom stereocenters. The molecule has 0 aliphatic heterocycles. The van der Waals surface area contributed by atoms with E-state index in [1.807, 2.05) is 35.9 Å². The molecule has 0 saturated heterocycles. The molecule has 0 bridgehead atoms. The number of imidazole rings is 1.